The highest BCUT2D eigenvalue weighted by Crippen LogP contribution is 2.15. The SMILES string of the molecule is CCCCC(O)C#Cc1ccc(F)c(Cl)c1. The smallest absolute Gasteiger partial charge is 0.141 e. The van der Waals surface area contributed by atoms with E-state index in [1.807, 2.05) is 0 Å². The van der Waals surface area contributed by atoms with Crippen molar-refractivity contribution in [2.45, 2.75) is 32.3 Å². The molecule has 3 heteroatoms. The molecule has 0 radical (unpaired) electrons. The lowest BCUT2D eigenvalue weighted by Crippen LogP contribution is -2.01. The molecule has 0 aromatic heterocycles. The fraction of sp³-hybridized carbons (Fsp3) is 0.385. The minimum absolute atomic E-state index is 0.0508. The lowest BCUT2D eigenvalue weighted by Gasteiger charge is -2.00. The molecule has 0 saturated carbocycles. The first-order chi connectivity index (χ1) is 7.63. The fourth-order valence-corrected chi connectivity index (χ4v) is 1.39. The van der Waals surface area contributed by atoms with Crippen LogP contribution in [0.1, 0.15) is 31.7 Å². The molecule has 1 nitrogen and oxygen atoms in total. The van der Waals surface area contributed by atoms with Crippen LogP contribution in [0, 0.1) is 17.7 Å². The van der Waals surface area contributed by atoms with Crippen LogP contribution >= 0.6 is 11.6 Å². The maximum absolute atomic E-state index is 12.8. The van der Waals surface area contributed by atoms with E-state index in [1.165, 1.54) is 12.1 Å². The van der Waals surface area contributed by atoms with Gasteiger partial charge in [0.2, 0.25) is 0 Å². The Hall–Kier alpha value is -1.04. The number of unbranched alkanes of at least 4 members (excludes halogenated alkanes) is 1. The van der Waals surface area contributed by atoms with E-state index in [0.717, 1.165) is 12.8 Å². The van der Waals surface area contributed by atoms with Gasteiger partial charge >= 0.3 is 0 Å². The van der Waals surface area contributed by atoms with Gasteiger partial charge in [-0.1, -0.05) is 43.2 Å². The van der Waals surface area contributed by atoms with Gasteiger partial charge in [-0.3, -0.25) is 0 Å². The molecular formula is C13H14ClFO. The second-order valence-corrected chi connectivity index (χ2v) is 3.96. The number of rotatable bonds is 3. The number of hydrogen-bond acceptors (Lipinski definition) is 1. The van der Waals surface area contributed by atoms with Crippen molar-refractivity contribution in [1.82, 2.24) is 0 Å². The average Bonchev–Trinajstić information content (AvgIpc) is 2.28. The molecule has 1 N–H and O–H groups in total. The molecule has 1 atom stereocenters. The molecule has 0 spiro atoms. The molecule has 0 aliphatic rings. The molecule has 0 bridgehead atoms. The van der Waals surface area contributed by atoms with Gasteiger partial charge in [-0.25, -0.2) is 4.39 Å². The molecule has 86 valence electrons. The first-order valence-corrected chi connectivity index (χ1v) is 5.66. The van der Waals surface area contributed by atoms with E-state index in [2.05, 4.69) is 18.8 Å². The Morgan fingerprint density at radius 3 is 2.88 bits per heavy atom. The summed E-state index contributed by atoms with van der Waals surface area (Å²) in [5.41, 5.74) is 0.613. The van der Waals surface area contributed by atoms with Crippen LogP contribution in [-0.2, 0) is 0 Å². The average molecular weight is 241 g/mol. The van der Waals surface area contributed by atoms with Crippen molar-refractivity contribution in [1.29, 1.82) is 0 Å². The summed E-state index contributed by atoms with van der Waals surface area (Å²) in [6.07, 6.45) is 2.02. The zero-order valence-corrected chi connectivity index (χ0v) is 9.89. The van der Waals surface area contributed by atoms with Gasteiger partial charge in [-0.15, -0.1) is 0 Å². The Morgan fingerprint density at radius 1 is 1.50 bits per heavy atom. The summed E-state index contributed by atoms with van der Waals surface area (Å²) in [4.78, 5) is 0. The monoisotopic (exact) mass is 240 g/mol. The molecule has 1 unspecified atom stereocenters. The molecular weight excluding hydrogens is 227 g/mol. The van der Waals surface area contributed by atoms with Crippen molar-refractivity contribution in [3.05, 3.63) is 34.6 Å². The highest BCUT2D eigenvalue weighted by Gasteiger charge is 2.00. The third kappa shape index (κ3) is 4.22. The van der Waals surface area contributed by atoms with Crippen molar-refractivity contribution >= 4 is 11.6 Å². The van der Waals surface area contributed by atoms with Crippen LogP contribution < -0.4 is 0 Å². The summed E-state index contributed by atoms with van der Waals surface area (Å²) in [7, 11) is 0. The zero-order valence-electron chi connectivity index (χ0n) is 9.13. The van der Waals surface area contributed by atoms with E-state index >= 15 is 0 Å². The number of aliphatic hydroxyl groups is 1. The molecule has 16 heavy (non-hydrogen) atoms. The van der Waals surface area contributed by atoms with E-state index in [4.69, 9.17) is 11.6 Å². The van der Waals surface area contributed by atoms with Gasteiger partial charge < -0.3 is 5.11 Å². The lowest BCUT2D eigenvalue weighted by atomic mass is 10.1. The zero-order chi connectivity index (χ0) is 12.0. The summed E-state index contributed by atoms with van der Waals surface area (Å²) >= 11 is 5.61. The van der Waals surface area contributed by atoms with Gasteiger partial charge in [0, 0.05) is 5.56 Å². The van der Waals surface area contributed by atoms with E-state index in [-0.39, 0.29) is 5.02 Å². The molecule has 1 aromatic rings. The third-order valence-electron chi connectivity index (χ3n) is 2.13. The van der Waals surface area contributed by atoms with Crippen LogP contribution in [0.15, 0.2) is 18.2 Å². The quantitative estimate of drug-likeness (QED) is 0.803. The predicted molar refractivity (Wildman–Crippen MR) is 63.8 cm³/mol. The van der Waals surface area contributed by atoms with E-state index < -0.39 is 11.9 Å². The van der Waals surface area contributed by atoms with Crippen molar-refractivity contribution in [2.75, 3.05) is 0 Å². The van der Waals surface area contributed by atoms with Crippen molar-refractivity contribution in [2.24, 2.45) is 0 Å². The van der Waals surface area contributed by atoms with Gasteiger partial charge in [-0.05, 0) is 24.6 Å². The number of hydrogen-bond donors (Lipinski definition) is 1. The standard InChI is InChI=1S/C13H14ClFO/c1-2-3-4-11(16)7-5-10-6-8-13(15)12(14)9-10/h6,8-9,11,16H,2-4H2,1H3. The van der Waals surface area contributed by atoms with Crippen LogP contribution in [0.2, 0.25) is 5.02 Å². The van der Waals surface area contributed by atoms with Crippen LogP contribution in [0.25, 0.3) is 0 Å². The first-order valence-electron chi connectivity index (χ1n) is 5.28. The maximum atomic E-state index is 12.8. The largest absolute Gasteiger partial charge is 0.380 e. The Balaban J connectivity index is 2.65. The molecule has 0 fully saturated rings. The van der Waals surface area contributed by atoms with Crippen LogP contribution in [0.5, 0.6) is 0 Å². The summed E-state index contributed by atoms with van der Waals surface area (Å²) in [5, 5.41) is 9.54. The van der Waals surface area contributed by atoms with Gasteiger partial charge in [-0.2, -0.15) is 0 Å². The van der Waals surface area contributed by atoms with E-state index in [1.54, 1.807) is 6.07 Å². The van der Waals surface area contributed by atoms with Gasteiger partial charge in [0.05, 0.1) is 5.02 Å². The molecule has 0 amide bonds. The molecule has 1 rings (SSSR count). The number of benzene rings is 1. The maximum Gasteiger partial charge on any atom is 0.141 e. The predicted octanol–water partition coefficient (Wildman–Crippen LogP) is 3.38. The minimum Gasteiger partial charge on any atom is -0.380 e. The summed E-state index contributed by atoms with van der Waals surface area (Å²) in [6, 6.07) is 4.27. The van der Waals surface area contributed by atoms with E-state index in [9.17, 15) is 9.50 Å². The number of halogens is 2. The van der Waals surface area contributed by atoms with Crippen LogP contribution in [-0.4, -0.2) is 11.2 Å². The van der Waals surface area contributed by atoms with Crippen molar-refractivity contribution in [3.63, 3.8) is 0 Å². The second kappa shape index (κ2) is 6.52. The van der Waals surface area contributed by atoms with Crippen molar-refractivity contribution in [3.8, 4) is 11.8 Å². The Labute approximate surface area is 100 Å². The molecule has 0 aliphatic carbocycles. The van der Waals surface area contributed by atoms with E-state index in [0.29, 0.717) is 12.0 Å². The first kappa shape index (κ1) is 13.0. The molecule has 1 aromatic carbocycles. The lowest BCUT2D eigenvalue weighted by molar-refractivity contribution is 0.218. The Kier molecular flexibility index (Phi) is 5.31. The molecule has 0 saturated heterocycles. The molecule has 0 aliphatic heterocycles. The summed E-state index contributed by atoms with van der Waals surface area (Å²) in [6.45, 7) is 2.06. The summed E-state index contributed by atoms with van der Waals surface area (Å²) in [5.74, 6) is 5.02. The Bertz CT molecular complexity index is 406. The Morgan fingerprint density at radius 2 is 2.25 bits per heavy atom. The highest BCUT2D eigenvalue weighted by molar-refractivity contribution is 6.30. The summed E-state index contributed by atoms with van der Waals surface area (Å²) < 4.78 is 12.8. The fourth-order valence-electron chi connectivity index (χ4n) is 1.21. The normalized spacial score (nSPS) is 11.8. The number of aliphatic hydroxyl groups excluding tert-OH is 1. The van der Waals surface area contributed by atoms with Gasteiger partial charge in [0.15, 0.2) is 0 Å². The van der Waals surface area contributed by atoms with Crippen LogP contribution in [0.4, 0.5) is 4.39 Å². The van der Waals surface area contributed by atoms with Crippen LogP contribution in [0.3, 0.4) is 0 Å². The second-order valence-electron chi connectivity index (χ2n) is 3.56. The topological polar surface area (TPSA) is 20.2 Å². The van der Waals surface area contributed by atoms with Gasteiger partial charge in [0.1, 0.15) is 11.9 Å². The third-order valence-corrected chi connectivity index (χ3v) is 2.42. The molecule has 0 heterocycles. The highest BCUT2D eigenvalue weighted by atomic mass is 35.5. The van der Waals surface area contributed by atoms with Gasteiger partial charge in [0.25, 0.3) is 0 Å². The van der Waals surface area contributed by atoms with Crippen molar-refractivity contribution < 1.29 is 9.50 Å². The minimum atomic E-state index is -0.622.